The number of pyridine rings is 1. The first-order valence-electron chi connectivity index (χ1n) is 10.1. The Balaban J connectivity index is 2.06. The van der Waals surface area contributed by atoms with Crippen molar-refractivity contribution < 1.29 is 9.53 Å². The average Bonchev–Trinajstić information content (AvgIpc) is 2.74. The summed E-state index contributed by atoms with van der Waals surface area (Å²) in [5, 5.41) is 16.6. The van der Waals surface area contributed by atoms with E-state index in [0.29, 0.717) is 46.7 Å². The van der Waals surface area contributed by atoms with Crippen LogP contribution >= 0.6 is 15.9 Å². The summed E-state index contributed by atoms with van der Waals surface area (Å²) in [6, 6.07) is 13.4. The second-order valence-electron chi connectivity index (χ2n) is 7.25. The number of rotatable bonds is 8. The van der Waals surface area contributed by atoms with Gasteiger partial charge in [-0.25, -0.2) is 0 Å². The standard InChI is InChI=1S/C24H24BrN5O2/c1-4-32-22-13-20-19(12-21(22)29-23(31)9-6-10-30(2)3)24(16(14-26)15-27-20)28-18-8-5-7-17(25)11-18/h5-9,11-13,15H,4,10H2,1-3H3,(H,27,28)(H,29,31)/b9-6+. The Kier molecular flexibility index (Phi) is 7.82. The number of amides is 1. The first-order valence-corrected chi connectivity index (χ1v) is 10.8. The van der Waals surface area contributed by atoms with Crippen molar-refractivity contribution in [1.29, 1.82) is 5.26 Å². The minimum absolute atomic E-state index is 0.266. The molecule has 2 N–H and O–H groups in total. The molecule has 8 heteroatoms. The van der Waals surface area contributed by atoms with Crippen LogP contribution in [0.5, 0.6) is 5.75 Å². The van der Waals surface area contributed by atoms with Gasteiger partial charge in [0, 0.05) is 40.4 Å². The second kappa shape index (κ2) is 10.8. The molecule has 7 nitrogen and oxygen atoms in total. The highest BCUT2D eigenvalue weighted by atomic mass is 79.9. The van der Waals surface area contributed by atoms with Crippen molar-refractivity contribution in [2.24, 2.45) is 0 Å². The molecule has 1 amide bonds. The molecule has 0 bridgehead atoms. The van der Waals surface area contributed by atoms with Gasteiger partial charge in [-0.3, -0.25) is 9.78 Å². The minimum Gasteiger partial charge on any atom is -0.492 e. The number of fused-ring (bicyclic) bond motifs is 1. The zero-order valence-electron chi connectivity index (χ0n) is 18.1. The quantitative estimate of drug-likeness (QED) is 0.425. The Morgan fingerprint density at radius 2 is 2.12 bits per heavy atom. The smallest absolute Gasteiger partial charge is 0.248 e. The van der Waals surface area contributed by atoms with E-state index in [2.05, 4.69) is 37.6 Å². The highest BCUT2D eigenvalue weighted by Gasteiger charge is 2.15. The number of benzene rings is 2. The number of nitriles is 1. The van der Waals surface area contributed by atoms with E-state index < -0.39 is 0 Å². The molecule has 3 rings (SSSR count). The van der Waals surface area contributed by atoms with Gasteiger partial charge in [-0.05, 0) is 45.3 Å². The van der Waals surface area contributed by atoms with Crippen molar-refractivity contribution >= 4 is 49.8 Å². The lowest BCUT2D eigenvalue weighted by molar-refractivity contribution is -0.111. The van der Waals surface area contributed by atoms with Crippen LogP contribution in [0.4, 0.5) is 17.1 Å². The molecule has 32 heavy (non-hydrogen) atoms. The van der Waals surface area contributed by atoms with Crippen LogP contribution in [-0.2, 0) is 4.79 Å². The van der Waals surface area contributed by atoms with E-state index in [9.17, 15) is 10.1 Å². The molecule has 0 spiro atoms. The Hall–Kier alpha value is -3.41. The predicted molar refractivity (Wildman–Crippen MR) is 131 cm³/mol. The monoisotopic (exact) mass is 493 g/mol. The molecule has 0 atom stereocenters. The highest BCUT2D eigenvalue weighted by Crippen LogP contribution is 2.36. The van der Waals surface area contributed by atoms with Crippen LogP contribution in [0.1, 0.15) is 12.5 Å². The summed E-state index contributed by atoms with van der Waals surface area (Å²) >= 11 is 3.46. The minimum atomic E-state index is -0.266. The van der Waals surface area contributed by atoms with Gasteiger partial charge in [0.05, 0.1) is 29.1 Å². The maximum Gasteiger partial charge on any atom is 0.248 e. The van der Waals surface area contributed by atoms with Crippen LogP contribution in [0, 0.1) is 11.3 Å². The number of nitrogens with zero attached hydrogens (tertiary/aromatic N) is 3. The van der Waals surface area contributed by atoms with Gasteiger partial charge >= 0.3 is 0 Å². The lowest BCUT2D eigenvalue weighted by Gasteiger charge is -2.16. The maximum atomic E-state index is 12.5. The summed E-state index contributed by atoms with van der Waals surface area (Å²) in [6.07, 6.45) is 4.80. The summed E-state index contributed by atoms with van der Waals surface area (Å²) in [4.78, 5) is 18.8. The third kappa shape index (κ3) is 5.84. The SMILES string of the molecule is CCOc1cc2ncc(C#N)c(Nc3cccc(Br)c3)c2cc1NC(=O)/C=C/CN(C)C. The van der Waals surface area contributed by atoms with Crippen LogP contribution in [0.15, 0.2) is 59.2 Å². The lowest BCUT2D eigenvalue weighted by atomic mass is 10.1. The highest BCUT2D eigenvalue weighted by molar-refractivity contribution is 9.10. The van der Waals surface area contributed by atoms with Gasteiger partial charge in [0.25, 0.3) is 0 Å². The number of ether oxygens (including phenoxy) is 1. The van der Waals surface area contributed by atoms with Gasteiger partial charge in [-0.2, -0.15) is 5.26 Å². The molecule has 3 aromatic rings. The predicted octanol–water partition coefficient (Wildman–Crippen LogP) is 5.07. The summed E-state index contributed by atoms with van der Waals surface area (Å²) < 4.78 is 6.65. The Morgan fingerprint density at radius 1 is 1.31 bits per heavy atom. The molecule has 1 aromatic heterocycles. The molecule has 0 unspecified atom stereocenters. The van der Waals surface area contributed by atoms with Gasteiger partial charge in [0.15, 0.2) is 0 Å². The van der Waals surface area contributed by atoms with Crippen LogP contribution in [0.25, 0.3) is 10.9 Å². The third-order valence-corrected chi connectivity index (χ3v) is 4.97. The molecule has 0 radical (unpaired) electrons. The van der Waals surface area contributed by atoms with Gasteiger partial charge in [-0.1, -0.05) is 28.1 Å². The van der Waals surface area contributed by atoms with Crippen LogP contribution < -0.4 is 15.4 Å². The summed E-state index contributed by atoms with van der Waals surface area (Å²) in [5.74, 6) is 0.248. The number of aromatic nitrogens is 1. The summed E-state index contributed by atoms with van der Waals surface area (Å²) in [7, 11) is 3.86. The maximum absolute atomic E-state index is 12.5. The molecule has 0 saturated heterocycles. The third-order valence-electron chi connectivity index (χ3n) is 4.48. The molecule has 0 saturated carbocycles. The zero-order chi connectivity index (χ0) is 23.1. The molecule has 0 aliphatic rings. The number of anilines is 3. The summed E-state index contributed by atoms with van der Waals surface area (Å²) in [6.45, 7) is 2.96. The van der Waals surface area contributed by atoms with Gasteiger partial charge in [0.2, 0.25) is 5.91 Å². The average molecular weight is 494 g/mol. The van der Waals surface area contributed by atoms with E-state index in [-0.39, 0.29) is 5.91 Å². The molecule has 0 aliphatic carbocycles. The van der Waals surface area contributed by atoms with Gasteiger partial charge in [-0.15, -0.1) is 0 Å². The Morgan fingerprint density at radius 3 is 2.81 bits per heavy atom. The topological polar surface area (TPSA) is 90.3 Å². The van der Waals surface area contributed by atoms with Gasteiger partial charge < -0.3 is 20.3 Å². The normalized spacial score (nSPS) is 11.0. The molecular formula is C24H24BrN5O2. The first kappa shape index (κ1) is 23.3. The van der Waals surface area contributed by atoms with Crippen LogP contribution in [-0.4, -0.2) is 43.0 Å². The second-order valence-corrected chi connectivity index (χ2v) is 8.16. The van der Waals surface area contributed by atoms with Crippen molar-refractivity contribution in [2.75, 3.05) is 37.9 Å². The molecule has 164 valence electrons. The molecule has 0 fully saturated rings. The van der Waals surface area contributed by atoms with Crippen molar-refractivity contribution in [2.45, 2.75) is 6.92 Å². The molecular weight excluding hydrogens is 470 g/mol. The Labute approximate surface area is 195 Å². The molecule has 1 heterocycles. The van der Waals surface area contributed by atoms with Crippen molar-refractivity contribution in [1.82, 2.24) is 9.88 Å². The van der Waals surface area contributed by atoms with Gasteiger partial charge in [0.1, 0.15) is 11.8 Å². The largest absolute Gasteiger partial charge is 0.492 e. The van der Waals surface area contributed by atoms with E-state index >= 15 is 0 Å². The van der Waals surface area contributed by atoms with E-state index in [4.69, 9.17) is 4.74 Å². The van der Waals surface area contributed by atoms with Crippen LogP contribution in [0.2, 0.25) is 0 Å². The van der Waals surface area contributed by atoms with Crippen molar-refractivity contribution in [3.8, 4) is 11.8 Å². The fourth-order valence-corrected chi connectivity index (χ4v) is 3.47. The zero-order valence-corrected chi connectivity index (χ0v) is 19.7. The number of carbonyl (C=O) groups excluding carboxylic acids is 1. The fourth-order valence-electron chi connectivity index (χ4n) is 3.07. The number of nitrogens with one attached hydrogen (secondary N) is 2. The van der Waals surface area contributed by atoms with E-state index in [1.807, 2.05) is 50.2 Å². The first-order chi connectivity index (χ1) is 15.4. The number of carbonyl (C=O) groups is 1. The molecule has 0 aliphatic heterocycles. The molecule has 2 aromatic carbocycles. The van der Waals surface area contributed by atoms with E-state index in [0.717, 1.165) is 10.2 Å². The van der Waals surface area contributed by atoms with Crippen molar-refractivity contribution in [3.05, 3.63) is 64.8 Å². The summed E-state index contributed by atoms with van der Waals surface area (Å²) in [5.41, 5.74) is 2.97. The van der Waals surface area contributed by atoms with E-state index in [1.54, 1.807) is 18.2 Å². The van der Waals surface area contributed by atoms with Crippen molar-refractivity contribution in [3.63, 3.8) is 0 Å². The number of hydrogen-bond acceptors (Lipinski definition) is 6. The number of halogens is 1. The number of likely N-dealkylation sites (N-methyl/N-ethyl adjacent to an activating group) is 1. The Bertz CT molecular complexity index is 1200. The fraction of sp³-hybridized carbons (Fsp3) is 0.208. The van der Waals surface area contributed by atoms with E-state index in [1.165, 1.54) is 12.3 Å². The lowest BCUT2D eigenvalue weighted by Crippen LogP contribution is -2.13. The number of hydrogen-bond donors (Lipinski definition) is 2. The van der Waals surface area contributed by atoms with Crippen LogP contribution in [0.3, 0.4) is 0 Å².